The van der Waals surface area contributed by atoms with Gasteiger partial charge >= 0.3 is 0 Å². The van der Waals surface area contributed by atoms with Crippen LogP contribution in [0.25, 0.3) is 0 Å². The average Bonchev–Trinajstić information content (AvgIpc) is 3.03. The summed E-state index contributed by atoms with van der Waals surface area (Å²) in [6.45, 7) is 5.30. The fraction of sp³-hybridized carbons (Fsp3) is 0.500. The molecule has 4 rings (SSSR count). The van der Waals surface area contributed by atoms with Crippen LogP contribution in [0.2, 0.25) is 0 Å². The van der Waals surface area contributed by atoms with Gasteiger partial charge in [-0.1, -0.05) is 37.8 Å². The van der Waals surface area contributed by atoms with Crippen molar-refractivity contribution in [3.63, 3.8) is 0 Å². The van der Waals surface area contributed by atoms with E-state index in [0.717, 1.165) is 31.9 Å². The number of hydrogen-bond donors (Lipinski definition) is 1. The molecule has 154 valence electrons. The van der Waals surface area contributed by atoms with Crippen molar-refractivity contribution in [1.29, 1.82) is 0 Å². The summed E-state index contributed by atoms with van der Waals surface area (Å²) in [5.74, 6) is 0.0370. The van der Waals surface area contributed by atoms with E-state index in [1.807, 2.05) is 23.2 Å². The van der Waals surface area contributed by atoms with E-state index in [2.05, 4.69) is 46.4 Å². The molecule has 2 fully saturated rings. The Morgan fingerprint density at radius 1 is 1.00 bits per heavy atom. The van der Waals surface area contributed by atoms with Crippen molar-refractivity contribution in [2.24, 2.45) is 0 Å². The molecule has 5 nitrogen and oxygen atoms in total. The second kappa shape index (κ2) is 9.29. The van der Waals surface area contributed by atoms with E-state index in [0.29, 0.717) is 11.7 Å². The number of carbonyl (C=O) groups excluding carboxylic acids is 1. The van der Waals surface area contributed by atoms with Crippen molar-refractivity contribution >= 4 is 17.3 Å². The van der Waals surface area contributed by atoms with Gasteiger partial charge in [-0.25, -0.2) is 4.98 Å². The number of pyridine rings is 1. The Balaban J connectivity index is 1.31. The summed E-state index contributed by atoms with van der Waals surface area (Å²) in [6.07, 6.45) is 9.58. The first-order chi connectivity index (χ1) is 14.2. The summed E-state index contributed by atoms with van der Waals surface area (Å²) >= 11 is 0. The second-order valence-corrected chi connectivity index (χ2v) is 8.38. The Bertz CT molecular complexity index is 804. The molecule has 2 aromatic rings. The standard InChI is InChI=1S/C24H32N4O/c1-19-7-6-10-22(17-19)27-13-15-28(16-14-27)24(29)23-12-11-21(18-25-23)26-20-8-4-2-3-5-9-20/h6-7,10-12,17-18,20,26H,2-5,8-9,13-16H2,1H3. The van der Waals surface area contributed by atoms with Crippen molar-refractivity contribution in [2.75, 3.05) is 36.4 Å². The number of rotatable bonds is 4. The molecule has 1 saturated heterocycles. The van der Waals surface area contributed by atoms with E-state index in [1.54, 1.807) is 0 Å². The molecule has 2 heterocycles. The lowest BCUT2D eigenvalue weighted by Gasteiger charge is -2.36. The molecule has 1 aromatic heterocycles. The Labute approximate surface area is 174 Å². The van der Waals surface area contributed by atoms with Crippen molar-refractivity contribution in [3.05, 3.63) is 53.9 Å². The average molecular weight is 393 g/mol. The van der Waals surface area contributed by atoms with E-state index in [1.165, 1.54) is 49.8 Å². The molecule has 0 radical (unpaired) electrons. The Hall–Kier alpha value is -2.56. The van der Waals surface area contributed by atoms with E-state index in [-0.39, 0.29) is 5.91 Å². The molecule has 0 spiro atoms. The highest BCUT2D eigenvalue weighted by Crippen LogP contribution is 2.22. The first kappa shape index (κ1) is 19.7. The van der Waals surface area contributed by atoms with Crippen molar-refractivity contribution in [3.8, 4) is 0 Å². The van der Waals surface area contributed by atoms with E-state index in [4.69, 9.17) is 0 Å². The number of aromatic nitrogens is 1. The molecule has 1 aliphatic carbocycles. The SMILES string of the molecule is Cc1cccc(N2CCN(C(=O)c3ccc(NC4CCCCCC4)cn3)CC2)c1. The lowest BCUT2D eigenvalue weighted by molar-refractivity contribution is 0.0741. The zero-order chi connectivity index (χ0) is 20.1. The molecule has 2 aliphatic rings. The normalized spacial score (nSPS) is 18.4. The number of aryl methyl sites for hydroxylation is 1. The second-order valence-electron chi connectivity index (χ2n) is 8.38. The van der Waals surface area contributed by atoms with Crippen LogP contribution in [0, 0.1) is 6.92 Å². The maximum Gasteiger partial charge on any atom is 0.272 e. The predicted octanol–water partition coefficient (Wildman–Crippen LogP) is 4.49. The summed E-state index contributed by atoms with van der Waals surface area (Å²) in [4.78, 5) is 21.6. The van der Waals surface area contributed by atoms with Gasteiger partial charge in [0.25, 0.3) is 5.91 Å². The first-order valence-corrected chi connectivity index (χ1v) is 11.0. The van der Waals surface area contributed by atoms with Crippen LogP contribution in [0.5, 0.6) is 0 Å². The molecule has 1 aliphatic heterocycles. The minimum absolute atomic E-state index is 0.0370. The molecule has 0 unspecified atom stereocenters. The number of benzene rings is 1. The van der Waals surface area contributed by atoms with Gasteiger partial charge in [-0.05, 0) is 49.6 Å². The van der Waals surface area contributed by atoms with Gasteiger partial charge in [0.1, 0.15) is 5.69 Å². The number of hydrogen-bond acceptors (Lipinski definition) is 4. The summed E-state index contributed by atoms with van der Waals surface area (Å²) < 4.78 is 0. The zero-order valence-electron chi connectivity index (χ0n) is 17.4. The Morgan fingerprint density at radius 2 is 1.76 bits per heavy atom. The maximum atomic E-state index is 12.9. The third-order valence-corrected chi connectivity index (χ3v) is 6.14. The third-order valence-electron chi connectivity index (χ3n) is 6.14. The van der Waals surface area contributed by atoms with E-state index in [9.17, 15) is 4.79 Å². The van der Waals surface area contributed by atoms with Crippen molar-refractivity contribution in [1.82, 2.24) is 9.88 Å². The Morgan fingerprint density at radius 3 is 2.41 bits per heavy atom. The fourth-order valence-corrected chi connectivity index (χ4v) is 4.42. The summed E-state index contributed by atoms with van der Waals surface area (Å²) in [6, 6.07) is 13.0. The lowest BCUT2D eigenvalue weighted by atomic mass is 10.1. The predicted molar refractivity (Wildman–Crippen MR) is 119 cm³/mol. The van der Waals surface area contributed by atoms with Crippen molar-refractivity contribution < 1.29 is 4.79 Å². The largest absolute Gasteiger partial charge is 0.381 e. The van der Waals surface area contributed by atoms with Gasteiger partial charge in [0.2, 0.25) is 0 Å². The smallest absolute Gasteiger partial charge is 0.272 e. The van der Waals surface area contributed by atoms with Crippen LogP contribution >= 0.6 is 0 Å². The third kappa shape index (κ3) is 5.08. The fourth-order valence-electron chi connectivity index (χ4n) is 4.42. The van der Waals surface area contributed by atoms with Gasteiger partial charge in [-0.2, -0.15) is 0 Å². The molecule has 1 amide bonds. The van der Waals surface area contributed by atoms with Gasteiger partial charge in [-0.3, -0.25) is 4.79 Å². The number of carbonyl (C=O) groups is 1. The van der Waals surface area contributed by atoms with Crippen LogP contribution in [-0.4, -0.2) is 48.0 Å². The molecular formula is C24H32N4O. The van der Waals surface area contributed by atoms with Gasteiger partial charge in [0, 0.05) is 37.9 Å². The molecule has 0 atom stereocenters. The number of nitrogens with zero attached hydrogens (tertiary/aromatic N) is 3. The van der Waals surface area contributed by atoms with Crippen LogP contribution in [0.3, 0.4) is 0 Å². The quantitative estimate of drug-likeness (QED) is 0.779. The van der Waals surface area contributed by atoms with Gasteiger partial charge in [0.05, 0.1) is 11.9 Å². The van der Waals surface area contributed by atoms with Crippen molar-refractivity contribution in [2.45, 2.75) is 51.5 Å². The highest BCUT2D eigenvalue weighted by Gasteiger charge is 2.23. The monoisotopic (exact) mass is 392 g/mol. The van der Waals surface area contributed by atoms with Crippen LogP contribution in [0.4, 0.5) is 11.4 Å². The minimum atomic E-state index is 0.0370. The molecule has 5 heteroatoms. The zero-order valence-corrected chi connectivity index (χ0v) is 17.4. The molecule has 0 bridgehead atoms. The number of nitrogens with one attached hydrogen (secondary N) is 1. The Kier molecular flexibility index (Phi) is 6.33. The maximum absolute atomic E-state index is 12.9. The van der Waals surface area contributed by atoms with E-state index < -0.39 is 0 Å². The molecule has 1 saturated carbocycles. The highest BCUT2D eigenvalue weighted by molar-refractivity contribution is 5.92. The van der Waals surface area contributed by atoms with Gasteiger partial charge in [0.15, 0.2) is 0 Å². The molecule has 1 aromatic carbocycles. The number of amides is 1. The van der Waals surface area contributed by atoms with Crippen LogP contribution in [0.15, 0.2) is 42.6 Å². The van der Waals surface area contributed by atoms with E-state index >= 15 is 0 Å². The summed E-state index contributed by atoms with van der Waals surface area (Å²) in [5, 5.41) is 3.60. The van der Waals surface area contributed by atoms with Gasteiger partial charge < -0.3 is 15.1 Å². The first-order valence-electron chi connectivity index (χ1n) is 11.0. The lowest BCUT2D eigenvalue weighted by Crippen LogP contribution is -2.49. The van der Waals surface area contributed by atoms with Gasteiger partial charge in [-0.15, -0.1) is 0 Å². The topological polar surface area (TPSA) is 48.5 Å². The summed E-state index contributed by atoms with van der Waals surface area (Å²) in [5.41, 5.74) is 4.07. The summed E-state index contributed by atoms with van der Waals surface area (Å²) in [7, 11) is 0. The van der Waals surface area contributed by atoms with Crippen LogP contribution < -0.4 is 10.2 Å². The minimum Gasteiger partial charge on any atom is -0.381 e. The molecule has 1 N–H and O–H groups in total. The number of anilines is 2. The number of piperazine rings is 1. The highest BCUT2D eigenvalue weighted by atomic mass is 16.2. The van der Waals surface area contributed by atoms with Crippen LogP contribution in [0.1, 0.15) is 54.6 Å². The molecule has 29 heavy (non-hydrogen) atoms. The van der Waals surface area contributed by atoms with Crippen LogP contribution in [-0.2, 0) is 0 Å². The molecular weight excluding hydrogens is 360 g/mol.